The molecule has 2 aromatic carbocycles. The van der Waals surface area contributed by atoms with E-state index in [1.54, 1.807) is 27.3 Å². The predicted molar refractivity (Wildman–Crippen MR) is 126 cm³/mol. The van der Waals surface area contributed by atoms with Gasteiger partial charge in [0.1, 0.15) is 11.2 Å². The van der Waals surface area contributed by atoms with Crippen LogP contribution in [0.4, 0.5) is 0 Å². The lowest BCUT2D eigenvalue weighted by molar-refractivity contribution is -0.133. The van der Waals surface area contributed by atoms with E-state index in [9.17, 15) is 4.79 Å². The van der Waals surface area contributed by atoms with Gasteiger partial charge in [-0.2, -0.15) is 0 Å². The number of para-hydroxylation sites is 2. The summed E-state index contributed by atoms with van der Waals surface area (Å²) in [5.74, 6) is 2.17. The summed E-state index contributed by atoms with van der Waals surface area (Å²) < 4.78 is 20.6. The first-order valence-corrected chi connectivity index (χ1v) is 10.8. The summed E-state index contributed by atoms with van der Waals surface area (Å²) in [5.41, 5.74) is 3.97. The van der Waals surface area contributed by atoms with Gasteiger partial charge in [0.15, 0.2) is 28.5 Å². The van der Waals surface area contributed by atoms with E-state index < -0.39 is 0 Å². The number of nitrogens with zero attached hydrogens (tertiary/aromatic N) is 4. The number of carbonyl (C=O) groups is 1. The molecule has 0 N–H and O–H groups in total. The fourth-order valence-electron chi connectivity index (χ4n) is 4.10. The first-order chi connectivity index (χ1) is 16.1. The second kappa shape index (κ2) is 8.12. The molecule has 0 bridgehead atoms. The largest absolute Gasteiger partial charge is 0.493 e. The Morgan fingerprint density at radius 2 is 1.73 bits per heavy atom. The molecule has 5 rings (SSSR count). The summed E-state index contributed by atoms with van der Waals surface area (Å²) in [5, 5.41) is 0.681. The summed E-state index contributed by atoms with van der Waals surface area (Å²) in [7, 11) is 3.19. The predicted octanol–water partition coefficient (Wildman–Crippen LogP) is 4.72. The molecular weight excluding hydrogens is 420 g/mol. The van der Waals surface area contributed by atoms with Gasteiger partial charge in [0.05, 0.1) is 37.1 Å². The fourth-order valence-corrected chi connectivity index (χ4v) is 4.10. The van der Waals surface area contributed by atoms with Gasteiger partial charge in [0, 0.05) is 18.9 Å². The smallest absolute Gasteiger partial charge is 0.310 e. The summed E-state index contributed by atoms with van der Waals surface area (Å²) in [6.07, 6.45) is 2.75. The Bertz CT molecular complexity index is 1520. The number of aromatic nitrogens is 4. The molecule has 0 amide bonds. The van der Waals surface area contributed by atoms with Gasteiger partial charge in [-0.15, -0.1) is 0 Å². The van der Waals surface area contributed by atoms with Crippen molar-refractivity contribution in [3.63, 3.8) is 0 Å². The van der Waals surface area contributed by atoms with E-state index in [1.807, 2.05) is 51.4 Å². The number of fused-ring (bicyclic) bond motifs is 5. The first kappa shape index (κ1) is 20.8. The van der Waals surface area contributed by atoms with Crippen molar-refractivity contribution in [3.8, 4) is 22.9 Å². The SMILES string of the molecule is CCC(=O)Oc1cn(-c2ccc(OC)c(OC)c2)c2nc(CC)n3c4ccccc4nc3c12. The molecule has 0 aliphatic carbocycles. The molecule has 0 saturated heterocycles. The maximum atomic E-state index is 12.3. The molecule has 8 heteroatoms. The van der Waals surface area contributed by atoms with Gasteiger partial charge >= 0.3 is 5.97 Å². The highest BCUT2D eigenvalue weighted by Crippen LogP contribution is 2.37. The minimum Gasteiger partial charge on any atom is -0.493 e. The van der Waals surface area contributed by atoms with E-state index >= 15 is 0 Å². The lowest BCUT2D eigenvalue weighted by Gasteiger charge is -2.11. The summed E-state index contributed by atoms with van der Waals surface area (Å²) >= 11 is 0. The number of benzene rings is 2. The van der Waals surface area contributed by atoms with Crippen molar-refractivity contribution in [2.24, 2.45) is 0 Å². The van der Waals surface area contributed by atoms with E-state index in [0.717, 1.165) is 22.5 Å². The van der Waals surface area contributed by atoms with Gasteiger partial charge < -0.3 is 14.2 Å². The second-order valence-corrected chi connectivity index (χ2v) is 7.57. The van der Waals surface area contributed by atoms with Gasteiger partial charge in [-0.1, -0.05) is 26.0 Å². The van der Waals surface area contributed by atoms with E-state index in [2.05, 4.69) is 6.92 Å². The molecule has 0 aliphatic heterocycles. The number of esters is 1. The van der Waals surface area contributed by atoms with Crippen molar-refractivity contribution in [3.05, 3.63) is 54.5 Å². The maximum absolute atomic E-state index is 12.3. The average molecular weight is 444 g/mol. The van der Waals surface area contributed by atoms with E-state index in [1.165, 1.54) is 0 Å². The Hall–Kier alpha value is -4.07. The van der Waals surface area contributed by atoms with E-state index in [-0.39, 0.29) is 12.4 Å². The van der Waals surface area contributed by atoms with Crippen LogP contribution in [0.5, 0.6) is 17.2 Å². The number of imidazole rings is 1. The molecule has 8 nitrogen and oxygen atoms in total. The van der Waals surface area contributed by atoms with Gasteiger partial charge in [0.25, 0.3) is 0 Å². The van der Waals surface area contributed by atoms with Crippen LogP contribution in [0.15, 0.2) is 48.7 Å². The quantitative estimate of drug-likeness (QED) is 0.353. The number of hydrogen-bond donors (Lipinski definition) is 0. The second-order valence-electron chi connectivity index (χ2n) is 7.57. The van der Waals surface area contributed by atoms with Crippen LogP contribution in [0.3, 0.4) is 0 Å². The normalized spacial score (nSPS) is 11.4. The van der Waals surface area contributed by atoms with Crippen LogP contribution < -0.4 is 14.2 Å². The average Bonchev–Trinajstić information content (AvgIpc) is 3.41. The van der Waals surface area contributed by atoms with E-state index in [0.29, 0.717) is 40.3 Å². The Morgan fingerprint density at radius 3 is 2.45 bits per heavy atom. The van der Waals surface area contributed by atoms with E-state index in [4.69, 9.17) is 24.2 Å². The van der Waals surface area contributed by atoms with Crippen LogP contribution in [-0.4, -0.2) is 39.1 Å². The number of ether oxygens (including phenoxy) is 3. The Balaban J connectivity index is 1.88. The van der Waals surface area contributed by atoms with Crippen molar-refractivity contribution in [1.82, 2.24) is 18.9 Å². The Kier molecular flexibility index (Phi) is 5.12. The third-order valence-corrected chi connectivity index (χ3v) is 5.70. The third-order valence-electron chi connectivity index (χ3n) is 5.70. The molecule has 0 saturated carbocycles. The highest BCUT2D eigenvalue weighted by Gasteiger charge is 2.23. The molecule has 0 aliphatic rings. The molecule has 3 heterocycles. The third kappa shape index (κ3) is 3.26. The molecule has 5 aromatic rings. The summed E-state index contributed by atoms with van der Waals surface area (Å²) in [6, 6.07) is 13.5. The number of hydrogen-bond acceptors (Lipinski definition) is 6. The number of methoxy groups -OCH3 is 2. The topological polar surface area (TPSA) is 79.9 Å². The van der Waals surface area contributed by atoms with Crippen molar-refractivity contribution >= 4 is 33.7 Å². The van der Waals surface area contributed by atoms with Crippen LogP contribution in [0, 0.1) is 0 Å². The van der Waals surface area contributed by atoms with Gasteiger partial charge in [-0.05, 0) is 24.3 Å². The summed E-state index contributed by atoms with van der Waals surface area (Å²) in [6.45, 7) is 3.83. The fraction of sp³-hybridized carbons (Fsp3) is 0.240. The van der Waals surface area contributed by atoms with Crippen LogP contribution >= 0.6 is 0 Å². The zero-order valence-corrected chi connectivity index (χ0v) is 19.0. The van der Waals surface area contributed by atoms with Gasteiger partial charge in [-0.3, -0.25) is 13.8 Å². The molecule has 0 spiro atoms. The highest BCUT2D eigenvalue weighted by atomic mass is 16.5. The monoisotopic (exact) mass is 444 g/mol. The van der Waals surface area contributed by atoms with Gasteiger partial charge in [0.2, 0.25) is 0 Å². The number of rotatable bonds is 6. The Morgan fingerprint density at radius 1 is 0.939 bits per heavy atom. The lowest BCUT2D eigenvalue weighted by atomic mass is 10.2. The van der Waals surface area contributed by atoms with Crippen LogP contribution in [0.2, 0.25) is 0 Å². The van der Waals surface area contributed by atoms with Crippen LogP contribution in [0.1, 0.15) is 26.1 Å². The molecule has 0 fully saturated rings. The molecule has 168 valence electrons. The zero-order chi connectivity index (χ0) is 23.1. The molecular formula is C25H24N4O4. The molecule has 0 radical (unpaired) electrons. The first-order valence-electron chi connectivity index (χ1n) is 10.8. The van der Waals surface area contributed by atoms with Gasteiger partial charge in [-0.25, -0.2) is 9.97 Å². The molecule has 0 atom stereocenters. The maximum Gasteiger partial charge on any atom is 0.310 e. The van der Waals surface area contributed by atoms with Crippen LogP contribution in [0.25, 0.3) is 33.4 Å². The standard InChI is InChI=1S/C25H24N4O4/c1-5-21-27-24-23(25-26-16-9-7-8-10-17(16)29(21)25)20(33-22(30)6-2)14-28(24)15-11-12-18(31-3)19(13-15)32-4/h7-14H,5-6H2,1-4H3. The summed E-state index contributed by atoms with van der Waals surface area (Å²) in [4.78, 5) is 22.2. The lowest BCUT2D eigenvalue weighted by Crippen LogP contribution is -2.06. The van der Waals surface area contributed by atoms with Crippen molar-refractivity contribution in [2.45, 2.75) is 26.7 Å². The minimum absolute atomic E-state index is 0.260. The number of aryl methyl sites for hydroxylation is 1. The zero-order valence-electron chi connectivity index (χ0n) is 19.0. The molecule has 3 aromatic heterocycles. The minimum atomic E-state index is -0.324. The van der Waals surface area contributed by atoms with Crippen molar-refractivity contribution in [1.29, 1.82) is 0 Å². The highest BCUT2D eigenvalue weighted by molar-refractivity contribution is 6.01. The van der Waals surface area contributed by atoms with Crippen LogP contribution in [-0.2, 0) is 11.2 Å². The molecule has 33 heavy (non-hydrogen) atoms. The van der Waals surface area contributed by atoms with Crippen molar-refractivity contribution in [2.75, 3.05) is 14.2 Å². The van der Waals surface area contributed by atoms with Crippen molar-refractivity contribution < 1.29 is 19.0 Å². The Labute approximate surface area is 190 Å². The molecule has 0 unspecified atom stereocenters. The number of carbonyl (C=O) groups excluding carboxylic acids is 1.